The van der Waals surface area contributed by atoms with E-state index in [1.54, 1.807) is 26.0 Å². The lowest BCUT2D eigenvalue weighted by Crippen LogP contribution is -2.32. The Morgan fingerprint density at radius 2 is 1.78 bits per heavy atom. The molecule has 6 nitrogen and oxygen atoms in total. The quantitative estimate of drug-likeness (QED) is 0.506. The minimum atomic E-state index is -1.35. The Morgan fingerprint density at radius 3 is 2.44 bits per heavy atom. The minimum Gasteiger partial charge on any atom is -0.478 e. The van der Waals surface area contributed by atoms with E-state index in [9.17, 15) is 18.7 Å². The van der Waals surface area contributed by atoms with Gasteiger partial charge < -0.3 is 20.3 Å². The summed E-state index contributed by atoms with van der Waals surface area (Å²) in [5.74, 6) is -4.80. The van der Waals surface area contributed by atoms with Crippen molar-refractivity contribution in [3.63, 3.8) is 0 Å². The summed E-state index contributed by atoms with van der Waals surface area (Å²) in [5, 5.41) is 9.27. The van der Waals surface area contributed by atoms with Crippen molar-refractivity contribution in [1.82, 2.24) is 4.98 Å². The first-order chi connectivity index (χ1) is 15.2. The van der Waals surface area contributed by atoms with Gasteiger partial charge in [0.1, 0.15) is 5.75 Å². The highest BCUT2D eigenvalue weighted by Crippen LogP contribution is 2.32. The fourth-order valence-electron chi connectivity index (χ4n) is 3.14. The van der Waals surface area contributed by atoms with E-state index in [1.807, 2.05) is 37.3 Å². The van der Waals surface area contributed by atoms with E-state index >= 15 is 0 Å². The molecule has 0 fully saturated rings. The van der Waals surface area contributed by atoms with Crippen LogP contribution in [0.4, 0.5) is 8.78 Å². The first-order valence-electron chi connectivity index (χ1n) is 10.0. The smallest absolute Gasteiger partial charge is 0.345 e. The molecule has 0 amide bonds. The summed E-state index contributed by atoms with van der Waals surface area (Å²) in [6.07, 6.45) is -1.35. The number of aliphatic carboxylic acids is 1. The first-order valence-corrected chi connectivity index (χ1v) is 10.0. The van der Waals surface area contributed by atoms with Crippen LogP contribution in [-0.2, 0) is 11.3 Å². The van der Waals surface area contributed by atoms with Crippen LogP contribution in [0.15, 0.2) is 48.5 Å². The average molecular weight is 442 g/mol. The molecule has 0 aliphatic rings. The lowest BCUT2D eigenvalue weighted by atomic mass is 10.0. The Balaban J connectivity index is 1.94. The number of halogens is 2. The number of carbonyl (C=O) groups is 1. The molecule has 3 rings (SSSR count). The molecule has 3 aromatic rings. The third kappa shape index (κ3) is 5.39. The summed E-state index contributed by atoms with van der Waals surface area (Å²) in [4.78, 5) is 15.1. The number of aryl methyl sites for hydroxylation is 1. The summed E-state index contributed by atoms with van der Waals surface area (Å²) >= 11 is 0. The number of hydrogen-bond donors (Lipinski definition) is 2. The molecule has 0 unspecified atom stereocenters. The maximum Gasteiger partial charge on any atom is 0.345 e. The van der Waals surface area contributed by atoms with Crippen molar-refractivity contribution in [2.45, 2.75) is 33.4 Å². The van der Waals surface area contributed by atoms with Gasteiger partial charge in [-0.25, -0.2) is 13.6 Å². The van der Waals surface area contributed by atoms with Crippen LogP contribution < -0.4 is 15.2 Å². The number of benzene rings is 2. The van der Waals surface area contributed by atoms with Gasteiger partial charge in [-0.2, -0.15) is 4.98 Å². The van der Waals surface area contributed by atoms with Gasteiger partial charge in [0.25, 0.3) is 11.8 Å². The van der Waals surface area contributed by atoms with Crippen LogP contribution in [0.5, 0.6) is 17.5 Å². The van der Waals surface area contributed by atoms with Gasteiger partial charge in [0.15, 0.2) is 17.7 Å². The molecule has 0 aliphatic carbocycles. The number of hydrogen-bond acceptors (Lipinski definition) is 5. The highest BCUT2D eigenvalue weighted by atomic mass is 19.1. The Hall–Kier alpha value is -3.52. The molecule has 168 valence electrons. The number of pyridine rings is 1. The summed E-state index contributed by atoms with van der Waals surface area (Å²) < 4.78 is 39.4. The average Bonchev–Trinajstić information content (AvgIpc) is 2.74. The molecule has 8 heteroatoms. The lowest BCUT2D eigenvalue weighted by molar-refractivity contribution is -0.147. The third-order valence-electron chi connectivity index (χ3n) is 4.71. The monoisotopic (exact) mass is 442 g/mol. The topological polar surface area (TPSA) is 94.7 Å². The molecular formula is C24H24F2N2O4. The van der Waals surface area contributed by atoms with Gasteiger partial charge >= 0.3 is 5.97 Å². The summed E-state index contributed by atoms with van der Waals surface area (Å²) in [6.45, 7) is 5.45. The summed E-state index contributed by atoms with van der Waals surface area (Å²) in [7, 11) is 0. The molecule has 0 bridgehead atoms. The highest BCUT2D eigenvalue weighted by Gasteiger charge is 2.27. The van der Waals surface area contributed by atoms with Crippen molar-refractivity contribution in [3.8, 4) is 28.6 Å². The van der Waals surface area contributed by atoms with Crippen molar-refractivity contribution in [2.24, 2.45) is 11.7 Å². The second-order valence-corrected chi connectivity index (χ2v) is 7.72. The van der Waals surface area contributed by atoms with Gasteiger partial charge in [0.05, 0.1) is 0 Å². The molecule has 1 atom stereocenters. The number of aromatic nitrogens is 1. The number of nitrogens with zero attached hydrogens (tertiary/aromatic N) is 1. The molecule has 0 radical (unpaired) electrons. The van der Waals surface area contributed by atoms with Gasteiger partial charge in [-0.15, -0.1) is 0 Å². The van der Waals surface area contributed by atoms with E-state index in [-0.39, 0.29) is 5.75 Å². The predicted octanol–water partition coefficient (Wildman–Crippen LogP) is 5.07. The van der Waals surface area contributed by atoms with Crippen molar-refractivity contribution < 1.29 is 28.2 Å². The van der Waals surface area contributed by atoms with Crippen LogP contribution in [0.25, 0.3) is 11.1 Å². The zero-order chi connectivity index (χ0) is 23.4. The molecular weight excluding hydrogens is 418 g/mol. The highest BCUT2D eigenvalue weighted by molar-refractivity contribution is 5.73. The van der Waals surface area contributed by atoms with Crippen LogP contribution in [-0.4, -0.2) is 22.2 Å². The first kappa shape index (κ1) is 23.1. The normalized spacial score (nSPS) is 12.0. The fraction of sp³-hybridized carbons (Fsp3) is 0.250. The van der Waals surface area contributed by atoms with Crippen molar-refractivity contribution in [1.29, 1.82) is 0 Å². The van der Waals surface area contributed by atoms with E-state index in [1.165, 1.54) is 0 Å². The van der Waals surface area contributed by atoms with E-state index in [0.717, 1.165) is 22.3 Å². The molecule has 0 aliphatic heterocycles. The Bertz CT molecular complexity index is 1130. The number of rotatable bonds is 8. The molecule has 0 spiro atoms. The van der Waals surface area contributed by atoms with Gasteiger partial charge in [0.2, 0.25) is 0 Å². The summed E-state index contributed by atoms with van der Waals surface area (Å²) in [5.41, 5.74) is 9.24. The van der Waals surface area contributed by atoms with Crippen LogP contribution in [0.2, 0.25) is 0 Å². The molecule has 32 heavy (non-hydrogen) atoms. The SMILES string of the molecule is Cc1cc(Oc2nc(O[C@@H](C(=O)O)C(C)C)c(F)cc2F)cc(-c2cccc(CN)c2)c1. The molecule has 1 aromatic heterocycles. The second kappa shape index (κ2) is 9.74. The minimum absolute atomic E-state index is 0.278. The lowest BCUT2D eigenvalue weighted by Gasteiger charge is -2.18. The van der Waals surface area contributed by atoms with Crippen LogP contribution in [0, 0.1) is 24.5 Å². The Labute approximate surface area is 184 Å². The van der Waals surface area contributed by atoms with Gasteiger partial charge in [-0.05, 0) is 47.4 Å². The van der Waals surface area contributed by atoms with E-state index in [4.69, 9.17) is 15.2 Å². The largest absolute Gasteiger partial charge is 0.478 e. The number of carboxylic acids is 1. The van der Waals surface area contributed by atoms with E-state index in [2.05, 4.69) is 4.98 Å². The zero-order valence-electron chi connectivity index (χ0n) is 17.9. The fourth-order valence-corrected chi connectivity index (χ4v) is 3.14. The molecule has 2 aromatic carbocycles. The third-order valence-corrected chi connectivity index (χ3v) is 4.71. The zero-order valence-corrected chi connectivity index (χ0v) is 17.9. The molecule has 0 saturated heterocycles. The number of nitrogens with two attached hydrogens (primary N) is 1. The van der Waals surface area contributed by atoms with Gasteiger partial charge in [-0.1, -0.05) is 38.1 Å². The predicted molar refractivity (Wildman–Crippen MR) is 116 cm³/mol. The Morgan fingerprint density at radius 1 is 1.06 bits per heavy atom. The standard InChI is InChI=1S/C24H24F2N2O4/c1-13(2)21(24(29)30)32-23-20(26)11-19(25)22(28-23)31-18-8-14(3)7-17(10-18)16-6-4-5-15(9-16)12-27/h4-11,13,21H,12,27H2,1-3H3,(H,29,30)/t21-/m1/s1. The Kier molecular flexibility index (Phi) is 7.05. The van der Waals surface area contributed by atoms with Gasteiger partial charge in [0, 0.05) is 18.5 Å². The van der Waals surface area contributed by atoms with Crippen LogP contribution in [0.1, 0.15) is 25.0 Å². The maximum atomic E-state index is 14.4. The van der Waals surface area contributed by atoms with Crippen molar-refractivity contribution in [2.75, 3.05) is 0 Å². The van der Waals surface area contributed by atoms with Crippen molar-refractivity contribution in [3.05, 3.63) is 71.3 Å². The second-order valence-electron chi connectivity index (χ2n) is 7.72. The number of carboxylic acid groups (broad SMARTS) is 1. The molecule has 0 saturated carbocycles. The van der Waals surface area contributed by atoms with E-state index in [0.29, 0.717) is 12.6 Å². The maximum absolute atomic E-state index is 14.4. The number of ether oxygens (including phenoxy) is 2. The molecule has 1 heterocycles. The van der Waals surface area contributed by atoms with Crippen molar-refractivity contribution >= 4 is 5.97 Å². The molecule has 3 N–H and O–H groups in total. The van der Waals surface area contributed by atoms with Crippen LogP contribution >= 0.6 is 0 Å². The van der Waals surface area contributed by atoms with E-state index < -0.39 is 41.4 Å². The summed E-state index contributed by atoms with van der Waals surface area (Å²) in [6, 6.07) is 13.5. The van der Waals surface area contributed by atoms with Gasteiger partial charge in [-0.3, -0.25) is 0 Å². The van der Waals surface area contributed by atoms with Crippen LogP contribution in [0.3, 0.4) is 0 Å².